The Kier molecular flexibility index (Phi) is 5.49. The lowest BCUT2D eigenvalue weighted by atomic mass is 10.00. The highest BCUT2D eigenvalue weighted by molar-refractivity contribution is 4.91. The van der Waals surface area contributed by atoms with Crippen molar-refractivity contribution in [1.29, 1.82) is 0 Å². The number of aliphatic hydroxyl groups excluding tert-OH is 1. The van der Waals surface area contributed by atoms with E-state index >= 15 is 0 Å². The predicted molar refractivity (Wildman–Crippen MR) is 57.7 cm³/mol. The van der Waals surface area contributed by atoms with Crippen molar-refractivity contribution in [3.05, 3.63) is 0 Å². The fourth-order valence-electron chi connectivity index (χ4n) is 1.92. The van der Waals surface area contributed by atoms with Gasteiger partial charge in [0.05, 0.1) is 24.8 Å². The summed E-state index contributed by atoms with van der Waals surface area (Å²) in [4.78, 5) is 0. The van der Waals surface area contributed by atoms with Crippen LogP contribution in [0.25, 0.3) is 0 Å². The van der Waals surface area contributed by atoms with E-state index in [4.69, 9.17) is 9.47 Å². The van der Waals surface area contributed by atoms with Crippen LogP contribution in [0.2, 0.25) is 0 Å². The molecule has 0 bridgehead atoms. The lowest BCUT2D eigenvalue weighted by Crippen LogP contribution is -2.63. The summed E-state index contributed by atoms with van der Waals surface area (Å²) in [7, 11) is 1.59. The van der Waals surface area contributed by atoms with Crippen LogP contribution >= 0.6 is 0 Å². The Morgan fingerprint density at radius 1 is 1.33 bits per heavy atom. The molecule has 1 rings (SSSR count). The van der Waals surface area contributed by atoms with Gasteiger partial charge in [-0.3, -0.25) is 0 Å². The summed E-state index contributed by atoms with van der Waals surface area (Å²) < 4.78 is 10.7. The number of hydrogen-bond acceptors (Lipinski definition) is 5. The average molecular weight is 218 g/mol. The first-order valence-electron chi connectivity index (χ1n) is 5.53. The van der Waals surface area contributed by atoms with Crippen LogP contribution in [0.3, 0.4) is 0 Å². The van der Waals surface area contributed by atoms with Crippen molar-refractivity contribution >= 4 is 0 Å². The van der Waals surface area contributed by atoms with Crippen molar-refractivity contribution in [2.45, 2.75) is 38.3 Å². The second kappa shape index (κ2) is 6.40. The van der Waals surface area contributed by atoms with Crippen LogP contribution in [0.5, 0.6) is 0 Å². The number of likely N-dealkylation sites (N-methyl/N-ethyl adjacent to an activating group) is 2. The molecule has 5 heteroatoms. The molecule has 0 aromatic rings. The first-order chi connectivity index (χ1) is 7.24. The normalized spacial score (nSPS) is 36.8. The summed E-state index contributed by atoms with van der Waals surface area (Å²) in [6.07, 6.45) is -0.849. The quantitative estimate of drug-likeness (QED) is 0.570. The summed E-state index contributed by atoms with van der Waals surface area (Å²) in [6.45, 7) is 6.09. The van der Waals surface area contributed by atoms with E-state index in [9.17, 15) is 5.11 Å². The highest BCUT2D eigenvalue weighted by Crippen LogP contribution is 2.16. The zero-order valence-electron chi connectivity index (χ0n) is 9.69. The third-order valence-electron chi connectivity index (χ3n) is 2.65. The van der Waals surface area contributed by atoms with Crippen LogP contribution in [-0.4, -0.2) is 56.4 Å². The Morgan fingerprint density at radius 2 is 2.00 bits per heavy atom. The van der Waals surface area contributed by atoms with Gasteiger partial charge >= 0.3 is 0 Å². The smallest absolute Gasteiger partial charge is 0.175 e. The van der Waals surface area contributed by atoms with E-state index in [-0.39, 0.29) is 18.4 Å². The molecule has 0 saturated carbocycles. The van der Waals surface area contributed by atoms with Gasteiger partial charge in [0.15, 0.2) is 6.29 Å². The third kappa shape index (κ3) is 3.12. The molecule has 0 radical (unpaired) electrons. The fraction of sp³-hybridized carbons (Fsp3) is 1.00. The van der Waals surface area contributed by atoms with Gasteiger partial charge in [-0.25, -0.2) is 0 Å². The second-order valence-electron chi connectivity index (χ2n) is 3.68. The van der Waals surface area contributed by atoms with E-state index in [1.54, 1.807) is 7.11 Å². The molecule has 3 N–H and O–H groups in total. The molecule has 5 nitrogen and oxygen atoms in total. The number of aliphatic hydroxyl groups is 1. The molecule has 0 aromatic carbocycles. The zero-order valence-corrected chi connectivity index (χ0v) is 9.69. The molecule has 0 aliphatic carbocycles. The van der Waals surface area contributed by atoms with Crippen LogP contribution in [0.1, 0.15) is 13.8 Å². The summed E-state index contributed by atoms with van der Waals surface area (Å²) in [5.41, 5.74) is 0. The molecular weight excluding hydrogens is 196 g/mol. The Bertz CT molecular complexity index is 180. The molecule has 0 aromatic heterocycles. The zero-order chi connectivity index (χ0) is 11.3. The molecule has 0 amide bonds. The van der Waals surface area contributed by atoms with Crippen molar-refractivity contribution in [1.82, 2.24) is 10.6 Å². The van der Waals surface area contributed by atoms with Gasteiger partial charge in [-0.2, -0.15) is 0 Å². The summed E-state index contributed by atoms with van der Waals surface area (Å²) >= 11 is 0. The maximum absolute atomic E-state index is 10.1. The van der Waals surface area contributed by atoms with E-state index in [0.717, 1.165) is 13.1 Å². The van der Waals surface area contributed by atoms with E-state index in [2.05, 4.69) is 10.6 Å². The van der Waals surface area contributed by atoms with E-state index in [0.29, 0.717) is 6.61 Å². The highest BCUT2D eigenvalue weighted by Gasteiger charge is 2.38. The molecule has 90 valence electrons. The fourth-order valence-corrected chi connectivity index (χ4v) is 1.92. The molecule has 0 spiro atoms. The molecular formula is C10H22N2O3. The van der Waals surface area contributed by atoms with Crippen molar-refractivity contribution in [2.75, 3.05) is 26.8 Å². The minimum absolute atomic E-state index is 0.0227. The van der Waals surface area contributed by atoms with Crippen molar-refractivity contribution < 1.29 is 14.6 Å². The molecule has 1 aliphatic rings. The lowest BCUT2D eigenvalue weighted by Gasteiger charge is -2.40. The molecule has 0 unspecified atom stereocenters. The average Bonchev–Trinajstić information content (AvgIpc) is 2.25. The SMILES string of the molecule is CCN[C@H]1[C@H](OC)OC[C@@H](NCC)[C@@H]1O. The van der Waals surface area contributed by atoms with Gasteiger partial charge in [0.1, 0.15) is 0 Å². The number of methoxy groups -OCH3 is 1. The van der Waals surface area contributed by atoms with Crippen LogP contribution in [0.4, 0.5) is 0 Å². The van der Waals surface area contributed by atoms with Gasteiger partial charge < -0.3 is 25.2 Å². The summed E-state index contributed by atoms with van der Waals surface area (Å²) in [5, 5.41) is 16.5. The van der Waals surface area contributed by atoms with Crippen LogP contribution in [0, 0.1) is 0 Å². The van der Waals surface area contributed by atoms with Crippen molar-refractivity contribution in [2.24, 2.45) is 0 Å². The third-order valence-corrected chi connectivity index (χ3v) is 2.65. The van der Waals surface area contributed by atoms with Gasteiger partial charge in [-0.1, -0.05) is 13.8 Å². The summed E-state index contributed by atoms with van der Waals surface area (Å²) in [6, 6.07) is -0.191. The molecule has 1 aliphatic heterocycles. The first-order valence-corrected chi connectivity index (χ1v) is 5.53. The topological polar surface area (TPSA) is 62.8 Å². The monoisotopic (exact) mass is 218 g/mol. The van der Waals surface area contributed by atoms with Crippen molar-refractivity contribution in [3.63, 3.8) is 0 Å². The van der Waals surface area contributed by atoms with Crippen LogP contribution in [0.15, 0.2) is 0 Å². The van der Waals surface area contributed by atoms with Gasteiger partial charge in [0.2, 0.25) is 0 Å². The molecule has 1 saturated heterocycles. The van der Waals surface area contributed by atoms with Crippen molar-refractivity contribution in [3.8, 4) is 0 Å². The molecule has 1 fully saturated rings. The Morgan fingerprint density at radius 3 is 2.53 bits per heavy atom. The largest absolute Gasteiger partial charge is 0.390 e. The number of hydrogen-bond donors (Lipinski definition) is 3. The molecule has 1 heterocycles. The standard InChI is InChI=1S/C10H22N2O3/c1-4-11-7-6-15-10(14-3)8(9(7)13)12-5-2/h7-13H,4-6H2,1-3H3/t7-,8-,9+,10-/m1/s1. The first kappa shape index (κ1) is 12.9. The maximum Gasteiger partial charge on any atom is 0.175 e. The van der Waals surface area contributed by atoms with Gasteiger partial charge in [-0.15, -0.1) is 0 Å². The van der Waals surface area contributed by atoms with Gasteiger partial charge in [0.25, 0.3) is 0 Å². The van der Waals surface area contributed by atoms with E-state index in [1.165, 1.54) is 0 Å². The maximum atomic E-state index is 10.1. The minimum Gasteiger partial charge on any atom is -0.390 e. The summed E-state index contributed by atoms with van der Waals surface area (Å²) in [5.74, 6) is 0. The Labute approximate surface area is 91.1 Å². The molecule has 4 atom stereocenters. The van der Waals surface area contributed by atoms with E-state index < -0.39 is 6.10 Å². The van der Waals surface area contributed by atoms with E-state index in [1.807, 2.05) is 13.8 Å². The Balaban J connectivity index is 2.58. The lowest BCUT2D eigenvalue weighted by molar-refractivity contribution is -0.199. The Hall–Kier alpha value is -0.200. The predicted octanol–water partition coefficient (Wildman–Crippen LogP) is -0.694. The van der Waals surface area contributed by atoms with Gasteiger partial charge in [0, 0.05) is 7.11 Å². The highest BCUT2D eigenvalue weighted by atomic mass is 16.7. The van der Waals surface area contributed by atoms with Crippen LogP contribution in [-0.2, 0) is 9.47 Å². The number of nitrogens with one attached hydrogen (secondary N) is 2. The number of ether oxygens (including phenoxy) is 2. The van der Waals surface area contributed by atoms with Crippen LogP contribution < -0.4 is 10.6 Å². The number of rotatable bonds is 5. The van der Waals surface area contributed by atoms with Gasteiger partial charge in [-0.05, 0) is 13.1 Å². The molecule has 15 heavy (non-hydrogen) atoms. The minimum atomic E-state index is -0.483. The second-order valence-corrected chi connectivity index (χ2v) is 3.68.